The van der Waals surface area contributed by atoms with Crippen molar-refractivity contribution in [3.8, 4) is 0 Å². The third-order valence-corrected chi connectivity index (χ3v) is 2.67. The van der Waals surface area contributed by atoms with Crippen LogP contribution in [0.25, 0.3) is 10.9 Å². The lowest BCUT2D eigenvalue weighted by atomic mass is 10.2. The molecule has 1 aromatic carbocycles. The molecule has 1 radical (unpaired) electrons. The van der Waals surface area contributed by atoms with Gasteiger partial charge in [0.25, 0.3) is 10.1 Å². The summed E-state index contributed by atoms with van der Waals surface area (Å²) in [6.45, 7) is 0. The van der Waals surface area contributed by atoms with Gasteiger partial charge in [0.05, 0.1) is 16.6 Å². The molecule has 5 heteroatoms. The van der Waals surface area contributed by atoms with Gasteiger partial charge in [-0.3, -0.25) is 4.55 Å². The molecule has 4 nitrogen and oxygen atoms in total. The van der Waals surface area contributed by atoms with E-state index in [-0.39, 0.29) is 4.90 Å². The second kappa shape index (κ2) is 3.04. The SMILES string of the molecule is O=S(=O)(O)c1ccc2n[c]ccc2c1. The Balaban J connectivity index is 2.75. The fourth-order valence-electron chi connectivity index (χ4n) is 1.16. The zero-order valence-electron chi connectivity index (χ0n) is 7.01. The summed E-state index contributed by atoms with van der Waals surface area (Å²) in [5, 5.41) is 0.652. The van der Waals surface area contributed by atoms with Crippen LogP contribution in [0.5, 0.6) is 0 Å². The van der Waals surface area contributed by atoms with E-state index in [1.807, 2.05) is 0 Å². The molecule has 0 aliphatic rings. The number of aromatic nitrogens is 1. The number of rotatable bonds is 1. The third-order valence-electron chi connectivity index (χ3n) is 1.82. The summed E-state index contributed by atoms with van der Waals surface area (Å²) >= 11 is 0. The van der Waals surface area contributed by atoms with Crippen molar-refractivity contribution in [1.29, 1.82) is 0 Å². The van der Waals surface area contributed by atoms with Crippen LogP contribution >= 0.6 is 0 Å². The summed E-state index contributed by atoms with van der Waals surface area (Å²) in [5.41, 5.74) is 0.639. The summed E-state index contributed by atoms with van der Waals surface area (Å²) in [5.74, 6) is 0. The van der Waals surface area contributed by atoms with Crippen molar-refractivity contribution in [2.24, 2.45) is 0 Å². The van der Waals surface area contributed by atoms with Crippen molar-refractivity contribution >= 4 is 21.0 Å². The van der Waals surface area contributed by atoms with Gasteiger partial charge in [0.1, 0.15) is 0 Å². The molecule has 0 aliphatic heterocycles. The second-order valence-corrected chi connectivity index (χ2v) is 4.19. The minimum Gasteiger partial charge on any atom is -0.282 e. The number of benzene rings is 1. The molecule has 71 valence electrons. The quantitative estimate of drug-likeness (QED) is 0.717. The van der Waals surface area contributed by atoms with Crippen molar-refractivity contribution in [2.75, 3.05) is 0 Å². The molecule has 0 spiro atoms. The topological polar surface area (TPSA) is 67.3 Å². The molecule has 0 fully saturated rings. The lowest BCUT2D eigenvalue weighted by Gasteiger charge is -1.98. The average Bonchev–Trinajstić information content (AvgIpc) is 2.16. The summed E-state index contributed by atoms with van der Waals surface area (Å²) in [6, 6.07) is 7.45. The highest BCUT2D eigenvalue weighted by Crippen LogP contribution is 2.16. The highest BCUT2D eigenvalue weighted by Gasteiger charge is 2.09. The fourth-order valence-corrected chi connectivity index (χ4v) is 1.68. The standard InChI is InChI=1S/C9H6NO3S/c11-14(12,13)8-3-4-9-7(6-8)2-1-5-10-9/h1-4,6H,(H,11,12,13). The Labute approximate surface area is 81.0 Å². The molecule has 1 heterocycles. The average molecular weight is 208 g/mol. The van der Waals surface area contributed by atoms with Crippen LogP contribution in [-0.4, -0.2) is 18.0 Å². The number of hydrogen-bond acceptors (Lipinski definition) is 3. The molecule has 0 amide bonds. The fraction of sp³-hybridized carbons (Fsp3) is 0. The lowest BCUT2D eigenvalue weighted by molar-refractivity contribution is 0.483. The maximum absolute atomic E-state index is 10.8. The molecular formula is C9H6NO3S. The number of fused-ring (bicyclic) bond motifs is 1. The van der Waals surface area contributed by atoms with Crippen molar-refractivity contribution in [2.45, 2.75) is 4.90 Å². The first-order valence-electron chi connectivity index (χ1n) is 3.82. The van der Waals surface area contributed by atoms with Gasteiger partial charge < -0.3 is 0 Å². The van der Waals surface area contributed by atoms with Crippen molar-refractivity contribution in [3.63, 3.8) is 0 Å². The maximum atomic E-state index is 10.8. The first-order chi connectivity index (χ1) is 6.57. The van der Waals surface area contributed by atoms with Crippen molar-refractivity contribution in [1.82, 2.24) is 4.98 Å². The summed E-state index contributed by atoms with van der Waals surface area (Å²) < 4.78 is 30.4. The Morgan fingerprint density at radius 1 is 1.29 bits per heavy atom. The summed E-state index contributed by atoms with van der Waals surface area (Å²) in [7, 11) is -4.13. The zero-order valence-corrected chi connectivity index (χ0v) is 7.82. The van der Waals surface area contributed by atoms with E-state index >= 15 is 0 Å². The molecule has 0 saturated heterocycles. The monoisotopic (exact) mass is 208 g/mol. The smallest absolute Gasteiger partial charge is 0.282 e. The van der Waals surface area contributed by atoms with Gasteiger partial charge >= 0.3 is 0 Å². The first-order valence-corrected chi connectivity index (χ1v) is 5.26. The van der Waals surface area contributed by atoms with Crippen molar-refractivity contribution < 1.29 is 13.0 Å². The molecule has 0 atom stereocenters. The van der Waals surface area contributed by atoms with Gasteiger partial charge in [0.2, 0.25) is 0 Å². The minimum absolute atomic E-state index is 0.127. The van der Waals surface area contributed by atoms with Gasteiger partial charge in [0.15, 0.2) is 0 Å². The molecule has 1 aromatic heterocycles. The van der Waals surface area contributed by atoms with Gasteiger partial charge in [-0.1, -0.05) is 6.07 Å². The summed E-state index contributed by atoms with van der Waals surface area (Å²) in [6.07, 6.45) is 2.63. The number of hydrogen-bond donors (Lipinski definition) is 1. The van der Waals surface area contributed by atoms with Crippen LogP contribution in [0.3, 0.4) is 0 Å². The third kappa shape index (κ3) is 1.59. The minimum atomic E-state index is -4.13. The Kier molecular flexibility index (Phi) is 1.98. The Bertz CT molecular complexity index is 577. The predicted molar refractivity (Wildman–Crippen MR) is 50.4 cm³/mol. The van der Waals surface area contributed by atoms with Gasteiger partial charge in [-0.2, -0.15) is 8.42 Å². The largest absolute Gasteiger partial charge is 0.294 e. The molecule has 0 unspecified atom stereocenters. The Morgan fingerprint density at radius 2 is 2.07 bits per heavy atom. The molecule has 0 saturated carbocycles. The van der Waals surface area contributed by atoms with Gasteiger partial charge in [-0.15, -0.1) is 0 Å². The number of pyridine rings is 1. The van der Waals surface area contributed by atoms with Crippen LogP contribution in [-0.2, 0) is 10.1 Å². The maximum Gasteiger partial charge on any atom is 0.294 e. The number of nitrogens with zero attached hydrogens (tertiary/aromatic N) is 1. The van der Waals surface area contributed by atoms with Crippen LogP contribution < -0.4 is 0 Å². The summed E-state index contributed by atoms with van der Waals surface area (Å²) in [4.78, 5) is 3.78. The van der Waals surface area contributed by atoms with E-state index in [1.54, 1.807) is 12.1 Å². The highest BCUT2D eigenvalue weighted by atomic mass is 32.2. The first kappa shape index (κ1) is 9.11. The van der Waals surface area contributed by atoms with Crippen LogP contribution in [0.2, 0.25) is 0 Å². The molecule has 14 heavy (non-hydrogen) atoms. The second-order valence-electron chi connectivity index (χ2n) is 2.77. The molecule has 0 bridgehead atoms. The van der Waals surface area contributed by atoms with E-state index in [4.69, 9.17) is 4.55 Å². The van der Waals surface area contributed by atoms with Crippen LogP contribution in [0.15, 0.2) is 35.2 Å². The van der Waals surface area contributed by atoms with Gasteiger partial charge in [0, 0.05) is 5.39 Å². The van der Waals surface area contributed by atoms with Gasteiger partial charge in [-0.05, 0) is 24.3 Å². The van der Waals surface area contributed by atoms with E-state index in [0.29, 0.717) is 10.9 Å². The Hall–Kier alpha value is -1.46. The lowest BCUT2D eigenvalue weighted by Crippen LogP contribution is -1.97. The highest BCUT2D eigenvalue weighted by molar-refractivity contribution is 7.85. The molecule has 2 rings (SSSR count). The van der Waals surface area contributed by atoms with E-state index in [0.717, 1.165) is 0 Å². The molecular weight excluding hydrogens is 202 g/mol. The normalized spacial score (nSPS) is 11.8. The molecule has 0 aliphatic carbocycles. The van der Waals surface area contributed by atoms with Crippen LogP contribution in [0.4, 0.5) is 0 Å². The van der Waals surface area contributed by atoms with Crippen LogP contribution in [0.1, 0.15) is 0 Å². The Morgan fingerprint density at radius 3 is 2.79 bits per heavy atom. The zero-order chi connectivity index (χ0) is 10.2. The molecule has 2 aromatic rings. The van der Waals surface area contributed by atoms with E-state index in [9.17, 15) is 8.42 Å². The van der Waals surface area contributed by atoms with E-state index in [2.05, 4.69) is 11.2 Å². The van der Waals surface area contributed by atoms with Crippen molar-refractivity contribution in [3.05, 3.63) is 36.5 Å². The van der Waals surface area contributed by atoms with E-state index < -0.39 is 10.1 Å². The van der Waals surface area contributed by atoms with E-state index in [1.165, 1.54) is 18.2 Å². The predicted octanol–water partition coefficient (Wildman–Crippen LogP) is 1.28. The van der Waals surface area contributed by atoms with Gasteiger partial charge in [-0.25, -0.2) is 4.98 Å². The molecule has 1 N–H and O–H groups in total. The van der Waals surface area contributed by atoms with Crippen LogP contribution in [0, 0.1) is 6.20 Å².